The Kier molecular flexibility index (Phi) is 2.58. The van der Waals surface area contributed by atoms with Crippen LogP contribution < -0.4 is 4.74 Å². The van der Waals surface area contributed by atoms with Crippen LogP contribution in [0.1, 0.15) is 16.8 Å². The van der Waals surface area contributed by atoms with Gasteiger partial charge in [0.25, 0.3) is 0 Å². The molecule has 118 valence electrons. The highest BCUT2D eigenvalue weighted by atomic mass is 19.1. The maximum Gasteiger partial charge on any atom is 0.165 e. The zero-order valence-electron chi connectivity index (χ0n) is 13.4. The molecule has 0 fully saturated rings. The molecule has 0 bridgehead atoms. The maximum absolute atomic E-state index is 14.0. The van der Waals surface area contributed by atoms with Gasteiger partial charge in [0.1, 0.15) is 6.61 Å². The van der Waals surface area contributed by atoms with Gasteiger partial charge in [-0.2, -0.15) is 0 Å². The number of ether oxygens (including phenoxy) is 1. The second-order valence-corrected chi connectivity index (χ2v) is 6.33. The number of fused-ring (bicyclic) bond motifs is 6. The largest absolute Gasteiger partial charge is 0.485 e. The Morgan fingerprint density at radius 2 is 2.04 bits per heavy atom. The van der Waals surface area contributed by atoms with Gasteiger partial charge in [0.2, 0.25) is 0 Å². The number of benzene rings is 2. The zero-order valence-corrected chi connectivity index (χ0v) is 13.4. The van der Waals surface area contributed by atoms with E-state index in [1.54, 1.807) is 6.07 Å². The van der Waals surface area contributed by atoms with Gasteiger partial charge in [0.15, 0.2) is 11.6 Å². The van der Waals surface area contributed by atoms with Crippen LogP contribution in [0.5, 0.6) is 5.75 Å². The molecule has 5 rings (SSSR count). The van der Waals surface area contributed by atoms with Gasteiger partial charge in [-0.25, -0.2) is 9.37 Å². The van der Waals surface area contributed by atoms with E-state index in [1.165, 1.54) is 22.7 Å². The van der Waals surface area contributed by atoms with E-state index in [0.29, 0.717) is 12.4 Å². The molecule has 3 nitrogen and oxygen atoms in total. The second kappa shape index (κ2) is 4.57. The predicted octanol–water partition coefficient (Wildman–Crippen LogP) is 5.03. The molecule has 0 unspecified atom stereocenters. The summed E-state index contributed by atoms with van der Waals surface area (Å²) in [7, 11) is 0. The number of hydrogen-bond donors (Lipinski definition) is 1. The Morgan fingerprint density at radius 3 is 2.92 bits per heavy atom. The molecule has 0 amide bonds. The third kappa shape index (κ3) is 1.68. The number of para-hydroxylation sites is 1. The van der Waals surface area contributed by atoms with Crippen molar-refractivity contribution in [2.24, 2.45) is 0 Å². The lowest BCUT2D eigenvalue weighted by Crippen LogP contribution is -2.08. The Hall–Kier alpha value is -2.88. The first kappa shape index (κ1) is 13.5. The van der Waals surface area contributed by atoms with E-state index in [0.717, 1.165) is 33.2 Å². The van der Waals surface area contributed by atoms with E-state index >= 15 is 0 Å². The van der Waals surface area contributed by atoms with Crippen molar-refractivity contribution in [3.8, 4) is 17.0 Å². The highest BCUT2D eigenvalue weighted by molar-refractivity contribution is 6.08. The summed E-state index contributed by atoms with van der Waals surface area (Å²) < 4.78 is 19.6. The van der Waals surface area contributed by atoms with E-state index in [4.69, 9.17) is 9.72 Å². The van der Waals surface area contributed by atoms with Gasteiger partial charge >= 0.3 is 0 Å². The average molecular weight is 318 g/mol. The molecule has 2 aromatic carbocycles. The number of hydrogen-bond acceptors (Lipinski definition) is 2. The molecule has 4 aromatic rings. The number of aryl methyl sites for hydroxylation is 2. The Balaban J connectivity index is 1.88. The first-order valence-electron chi connectivity index (χ1n) is 7.96. The lowest BCUT2D eigenvalue weighted by atomic mass is 9.98. The molecule has 0 saturated heterocycles. The minimum atomic E-state index is -0.340. The van der Waals surface area contributed by atoms with Crippen molar-refractivity contribution in [2.45, 2.75) is 20.5 Å². The van der Waals surface area contributed by atoms with Crippen LogP contribution in [0.4, 0.5) is 4.39 Å². The minimum Gasteiger partial charge on any atom is -0.485 e. The lowest BCUT2D eigenvalue weighted by Gasteiger charge is -2.21. The van der Waals surface area contributed by atoms with E-state index in [9.17, 15) is 4.39 Å². The van der Waals surface area contributed by atoms with E-state index in [1.807, 2.05) is 12.1 Å². The molecular formula is C20H15FN2O. The summed E-state index contributed by atoms with van der Waals surface area (Å²) in [5.41, 5.74) is 6.96. The number of aromatic nitrogens is 2. The van der Waals surface area contributed by atoms with Crippen LogP contribution in [0.15, 0.2) is 36.4 Å². The van der Waals surface area contributed by atoms with Crippen LogP contribution in [-0.4, -0.2) is 9.97 Å². The van der Waals surface area contributed by atoms with Gasteiger partial charge < -0.3 is 9.72 Å². The Labute approximate surface area is 138 Å². The highest BCUT2D eigenvalue weighted by Crippen LogP contribution is 2.40. The molecule has 4 heteroatoms. The molecule has 0 atom stereocenters. The second-order valence-electron chi connectivity index (χ2n) is 6.33. The monoisotopic (exact) mass is 318 g/mol. The third-order valence-corrected chi connectivity index (χ3v) is 4.93. The Morgan fingerprint density at radius 1 is 1.17 bits per heavy atom. The van der Waals surface area contributed by atoms with Crippen molar-refractivity contribution in [1.82, 2.24) is 9.97 Å². The summed E-state index contributed by atoms with van der Waals surface area (Å²) in [5, 5.41) is 2.31. The van der Waals surface area contributed by atoms with Crippen LogP contribution in [0.2, 0.25) is 0 Å². The van der Waals surface area contributed by atoms with Crippen molar-refractivity contribution < 1.29 is 9.13 Å². The van der Waals surface area contributed by atoms with Crippen LogP contribution in [0, 0.1) is 19.7 Å². The summed E-state index contributed by atoms with van der Waals surface area (Å²) in [4.78, 5) is 8.25. The quantitative estimate of drug-likeness (QED) is 0.494. The van der Waals surface area contributed by atoms with Gasteiger partial charge in [0, 0.05) is 33.1 Å². The van der Waals surface area contributed by atoms with Gasteiger partial charge in [-0.1, -0.05) is 6.07 Å². The fraction of sp³-hybridized carbons (Fsp3) is 0.150. The van der Waals surface area contributed by atoms with Crippen molar-refractivity contribution in [3.05, 3.63) is 59.0 Å². The van der Waals surface area contributed by atoms with E-state index < -0.39 is 0 Å². The first-order chi connectivity index (χ1) is 11.6. The van der Waals surface area contributed by atoms with Gasteiger partial charge in [-0.05, 0) is 49.7 Å². The standard InChI is InChI=1S/C20H15FN2O/c1-10-11(2)22-17-7-6-16-14(18(10)17)8-12-9-24-20-13(19(12)23-16)4-3-5-15(20)21/h3-8,22H,9H2,1-2H3. The Bertz CT molecular complexity index is 1140. The van der Waals surface area contributed by atoms with Crippen molar-refractivity contribution in [1.29, 1.82) is 0 Å². The zero-order chi connectivity index (χ0) is 16.4. The van der Waals surface area contributed by atoms with Gasteiger partial charge in [-0.15, -0.1) is 0 Å². The summed E-state index contributed by atoms with van der Waals surface area (Å²) in [6.45, 7) is 4.54. The smallest absolute Gasteiger partial charge is 0.165 e. The average Bonchev–Trinajstić information content (AvgIpc) is 2.88. The summed E-state index contributed by atoms with van der Waals surface area (Å²) in [6.07, 6.45) is 0. The minimum absolute atomic E-state index is 0.298. The molecule has 24 heavy (non-hydrogen) atoms. The molecule has 0 saturated carbocycles. The molecule has 2 aromatic heterocycles. The number of nitrogens with zero attached hydrogens (tertiary/aromatic N) is 1. The molecule has 0 radical (unpaired) electrons. The van der Waals surface area contributed by atoms with Crippen LogP contribution in [0.25, 0.3) is 33.1 Å². The summed E-state index contributed by atoms with van der Waals surface area (Å²) in [6, 6.07) is 11.2. The number of pyridine rings is 1. The van der Waals surface area contributed by atoms with Crippen molar-refractivity contribution in [3.63, 3.8) is 0 Å². The van der Waals surface area contributed by atoms with Crippen LogP contribution in [0.3, 0.4) is 0 Å². The normalized spacial score (nSPS) is 13.0. The van der Waals surface area contributed by atoms with Crippen molar-refractivity contribution >= 4 is 21.8 Å². The molecule has 3 heterocycles. The molecule has 0 spiro atoms. The number of aromatic amines is 1. The molecular weight excluding hydrogens is 303 g/mol. The highest BCUT2D eigenvalue weighted by Gasteiger charge is 2.23. The summed E-state index contributed by atoms with van der Waals surface area (Å²) >= 11 is 0. The molecule has 1 N–H and O–H groups in total. The fourth-order valence-electron chi connectivity index (χ4n) is 3.61. The van der Waals surface area contributed by atoms with Gasteiger partial charge in [0.05, 0.1) is 11.2 Å². The number of halogens is 1. The fourth-order valence-corrected chi connectivity index (χ4v) is 3.61. The van der Waals surface area contributed by atoms with Crippen molar-refractivity contribution in [2.75, 3.05) is 0 Å². The summed E-state index contributed by atoms with van der Waals surface area (Å²) in [5.74, 6) is -0.0424. The van der Waals surface area contributed by atoms with E-state index in [2.05, 4.69) is 31.0 Å². The molecule has 1 aliphatic rings. The lowest BCUT2D eigenvalue weighted by molar-refractivity contribution is 0.286. The third-order valence-electron chi connectivity index (χ3n) is 4.93. The van der Waals surface area contributed by atoms with Crippen LogP contribution in [-0.2, 0) is 6.61 Å². The first-order valence-corrected chi connectivity index (χ1v) is 7.96. The maximum atomic E-state index is 14.0. The number of nitrogens with one attached hydrogen (secondary N) is 1. The predicted molar refractivity (Wildman–Crippen MR) is 92.8 cm³/mol. The van der Waals surface area contributed by atoms with E-state index in [-0.39, 0.29) is 5.82 Å². The van der Waals surface area contributed by atoms with Gasteiger partial charge in [-0.3, -0.25) is 0 Å². The molecule has 1 aliphatic heterocycles. The number of H-pyrrole nitrogens is 1. The SMILES string of the molecule is Cc1[nH]c2ccc3nc4c(cc3c2c1C)COc1c(F)cccc1-4. The number of rotatable bonds is 0. The molecule has 0 aliphatic carbocycles. The van der Waals surface area contributed by atoms with Crippen LogP contribution >= 0.6 is 0 Å². The topological polar surface area (TPSA) is 37.9 Å².